The highest BCUT2D eigenvalue weighted by Gasteiger charge is 2.44. The molecule has 7 rings (SSSR count). The smallest absolute Gasteiger partial charge is 0.212 e. The fraction of sp³-hybridized carbons (Fsp3) is 0.379. The summed E-state index contributed by atoms with van der Waals surface area (Å²) in [7, 11) is 1.63. The molecule has 7 heterocycles. The number of aromatic nitrogens is 4. The molecule has 3 aliphatic rings. The summed E-state index contributed by atoms with van der Waals surface area (Å²) in [5.41, 5.74) is 3.54. The molecule has 0 saturated carbocycles. The summed E-state index contributed by atoms with van der Waals surface area (Å²) in [6.45, 7) is 6.38. The first-order valence-electron chi connectivity index (χ1n) is 13.0. The minimum Gasteiger partial charge on any atom is -0.481 e. The number of methoxy groups -OCH3 is 1. The van der Waals surface area contributed by atoms with Crippen LogP contribution in [0.5, 0.6) is 5.88 Å². The van der Waals surface area contributed by atoms with Crippen molar-refractivity contribution in [1.29, 1.82) is 5.26 Å². The van der Waals surface area contributed by atoms with E-state index in [2.05, 4.69) is 50.2 Å². The van der Waals surface area contributed by atoms with E-state index in [9.17, 15) is 10.4 Å². The van der Waals surface area contributed by atoms with E-state index < -0.39 is 5.60 Å². The van der Waals surface area contributed by atoms with Gasteiger partial charge in [-0.25, -0.2) is 14.5 Å². The summed E-state index contributed by atoms with van der Waals surface area (Å²) in [5, 5.41) is 24.3. The molecule has 4 aromatic rings. The summed E-state index contributed by atoms with van der Waals surface area (Å²) in [6, 6.07) is 13.5. The van der Waals surface area contributed by atoms with Crippen molar-refractivity contribution in [2.75, 3.05) is 30.9 Å². The van der Waals surface area contributed by atoms with Crippen LogP contribution in [0.15, 0.2) is 60.0 Å². The molecule has 2 atom stereocenters. The molecular weight excluding hydrogens is 510 g/mol. The number of nitriles is 1. The first-order valence-corrected chi connectivity index (χ1v) is 14.0. The number of hydrogen-bond donors (Lipinski definition) is 1. The molecule has 1 N–H and O–H groups in total. The first-order chi connectivity index (χ1) is 18.8. The van der Waals surface area contributed by atoms with Crippen LogP contribution in [0.25, 0.3) is 16.6 Å². The van der Waals surface area contributed by atoms with E-state index in [1.54, 1.807) is 43.4 Å². The zero-order valence-electron chi connectivity index (χ0n) is 22.3. The van der Waals surface area contributed by atoms with Crippen molar-refractivity contribution < 1.29 is 9.84 Å². The van der Waals surface area contributed by atoms with Gasteiger partial charge in [-0.15, -0.1) is 11.8 Å². The molecule has 10 heteroatoms. The van der Waals surface area contributed by atoms with Gasteiger partial charge in [-0.3, -0.25) is 4.90 Å². The minimum atomic E-state index is -0.790. The van der Waals surface area contributed by atoms with Gasteiger partial charge in [0.25, 0.3) is 0 Å². The molecule has 200 valence electrons. The van der Waals surface area contributed by atoms with Gasteiger partial charge in [0.15, 0.2) is 0 Å². The van der Waals surface area contributed by atoms with Gasteiger partial charge in [-0.1, -0.05) is 6.07 Å². The third kappa shape index (κ3) is 5.17. The summed E-state index contributed by atoms with van der Waals surface area (Å²) < 4.78 is 6.93. The second-order valence-corrected chi connectivity index (χ2v) is 11.9. The molecule has 0 aromatic carbocycles. The Morgan fingerprint density at radius 3 is 2.59 bits per heavy atom. The number of anilines is 1. The van der Waals surface area contributed by atoms with Gasteiger partial charge >= 0.3 is 0 Å². The largest absolute Gasteiger partial charge is 0.481 e. The standard InChI is InChI=1S/C29H31N7O2S/c1-29(2,37)18-39-24-9-25(28-21(10-30)13-33-36(28)17-24)20-5-6-26(31-12-20)34-15-22-8-23(16-34)35(22)14-19-4-7-27(38-3)32-11-19/h4-7,9,11-13,17,22-23,37H,8,14-16,18H2,1-3H3. The van der Waals surface area contributed by atoms with E-state index in [4.69, 9.17) is 9.72 Å². The lowest BCUT2D eigenvalue weighted by molar-refractivity contribution is -0.00876. The SMILES string of the molecule is COc1ccc(CN2C3CC2CN(c2ccc(-c4cc(SCC(C)(C)O)cn5ncc(C#N)c45)cn2)C3)cn1. The first kappa shape index (κ1) is 25.6. The van der Waals surface area contributed by atoms with Gasteiger partial charge in [0.2, 0.25) is 5.88 Å². The molecular formula is C29H31N7O2S. The zero-order valence-corrected chi connectivity index (χ0v) is 23.1. The number of pyridine rings is 3. The van der Waals surface area contributed by atoms with Crippen molar-refractivity contribution in [3.63, 3.8) is 0 Å². The molecule has 3 saturated heterocycles. The molecule has 4 aromatic heterocycles. The van der Waals surface area contributed by atoms with Gasteiger partial charge in [-0.2, -0.15) is 10.4 Å². The van der Waals surface area contributed by atoms with Gasteiger partial charge in [0.05, 0.1) is 30.0 Å². The van der Waals surface area contributed by atoms with Crippen molar-refractivity contribution in [3.8, 4) is 23.1 Å². The van der Waals surface area contributed by atoms with E-state index >= 15 is 0 Å². The maximum atomic E-state index is 10.2. The van der Waals surface area contributed by atoms with Crippen molar-refractivity contribution in [2.24, 2.45) is 0 Å². The summed E-state index contributed by atoms with van der Waals surface area (Å²) >= 11 is 1.56. The Kier molecular flexibility index (Phi) is 6.67. The Labute approximate surface area is 232 Å². The van der Waals surface area contributed by atoms with Crippen LogP contribution in [0.4, 0.5) is 5.82 Å². The Hall–Kier alpha value is -3.65. The second kappa shape index (κ2) is 10.2. The lowest BCUT2D eigenvalue weighted by atomic mass is 9.87. The van der Waals surface area contributed by atoms with Crippen LogP contribution in [-0.2, 0) is 6.54 Å². The summed E-state index contributed by atoms with van der Waals surface area (Å²) in [6.07, 6.45) is 8.51. The van der Waals surface area contributed by atoms with Crippen molar-refractivity contribution in [2.45, 2.75) is 49.4 Å². The number of piperidine rings is 1. The van der Waals surface area contributed by atoms with E-state index in [1.165, 1.54) is 12.0 Å². The summed E-state index contributed by atoms with van der Waals surface area (Å²) in [5.74, 6) is 2.16. The average molecular weight is 542 g/mol. The molecule has 0 spiro atoms. The van der Waals surface area contributed by atoms with Gasteiger partial charge in [0, 0.05) is 78.2 Å². The molecule has 3 fully saturated rings. The number of fused-ring (bicyclic) bond motifs is 3. The van der Waals surface area contributed by atoms with Crippen molar-refractivity contribution in [1.82, 2.24) is 24.5 Å². The quantitative estimate of drug-likeness (QED) is 0.332. The topological polar surface area (TPSA) is 103 Å². The Morgan fingerprint density at radius 1 is 1.13 bits per heavy atom. The van der Waals surface area contributed by atoms with Crippen LogP contribution in [0.2, 0.25) is 0 Å². The van der Waals surface area contributed by atoms with Crippen LogP contribution in [-0.4, -0.2) is 73.2 Å². The van der Waals surface area contributed by atoms with E-state index in [0.717, 1.165) is 47.0 Å². The molecule has 2 unspecified atom stereocenters. The molecule has 2 bridgehead atoms. The van der Waals surface area contributed by atoms with Crippen LogP contribution >= 0.6 is 11.8 Å². The number of piperazine rings is 1. The molecule has 0 aliphatic carbocycles. The van der Waals surface area contributed by atoms with E-state index in [1.807, 2.05) is 24.7 Å². The molecule has 0 amide bonds. The lowest BCUT2D eigenvalue weighted by Crippen LogP contribution is -2.68. The van der Waals surface area contributed by atoms with Crippen LogP contribution in [0.3, 0.4) is 0 Å². The van der Waals surface area contributed by atoms with Crippen molar-refractivity contribution >= 4 is 23.1 Å². The highest BCUT2D eigenvalue weighted by molar-refractivity contribution is 7.99. The zero-order chi connectivity index (χ0) is 27.1. The number of ether oxygens (including phenoxy) is 1. The molecule has 39 heavy (non-hydrogen) atoms. The normalized spacial score (nSPS) is 19.1. The third-order valence-electron chi connectivity index (χ3n) is 7.40. The maximum Gasteiger partial charge on any atom is 0.212 e. The van der Waals surface area contributed by atoms with E-state index in [0.29, 0.717) is 29.3 Å². The van der Waals surface area contributed by atoms with Gasteiger partial charge < -0.3 is 14.7 Å². The molecule has 3 aliphatic heterocycles. The number of nitrogens with zero attached hydrogens (tertiary/aromatic N) is 7. The second-order valence-electron chi connectivity index (χ2n) is 10.9. The van der Waals surface area contributed by atoms with Gasteiger partial charge in [-0.05, 0) is 44.0 Å². The Bertz CT molecular complexity index is 1510. The number of thioether (sulfide) groups is 1. The van der Waals surface area contributed by atoms with E-state index in [-0.39, 0.29) is 0 Å². The van der Waals surface area contributed by atoms with Gasteiger partial charge in [0.1, 0.15) is 11.9 Å². The minimum absolute atomic E-state index is 0.501. The Balaban J connectivity index is 1.19. The highest BCUT2D eigenvalue weighted by Crippen LogP contribution is 2.37. The molecule has 9 nitrogen and oxygen atoms in total. The maximum absolute atomic E-state index is 10.2. The number of hydrogen-bond acceptors (Lipinski definition) is 9. The highest BCUT2D eigenvalue weighted by atomic mass is 32.2. The average Bonchev–Trinajstić information content (AvgIpc) is 3.37. The third-order valence-corrected chi connectivity index (χ3v) is 8.81. The monoisotopic (exact) mass is 541 g/mol. The molecule has 0 radical (unpaired) electrons. The van der Waals surface area contributed by atoms with Crippen molar-refractivity contribution in [3.05, 3.63) is 66.2 Å². The fourth-order valence-corrected chi connectivity index (χ4v) is 6.33. The fourth-order valence-electron chi connectivity index (χ4n) is 5.44. The predicted molar refractivity (Wildman–Crippen MR) is 151 cm³/mol. The number of aliphatic hydroxyl groups is 1. The van der Waals surface area contributed by atoms with Crippen LogP contribution in [0, 0.1) is 11.3 Å². The number of rotatable bonds is 8. The van der Waals surface area contributed by atoms with Crippen LogP contribution in [0.1, 0.15) is 31.4 Å². The Morgan fingerprint density at radius 2 is 1.95 bits per heavy atom. The lowest BCUT2D eigenvalue weighted by Gasteiger charge is -2.56. The van der Waals surface area contributed by atoms with Crippen LogP contribution < -0.4 is 9.64 Å². The predicted octanol–water partition coefficient (Wildman–Crippen LogP) is 4.00. The summed E-state index contributed by atoms with van der Waals surface area (Å²) in [4.78, 5) is 15.1.